The van der Waals surface area contributed by atoms with Crippen molar-refractivity contribution >= 4 is 0 Å². The third-order valence-electron chi connectivity index (χ3n) is 2.76. The molecule has 0 aliphatic rings. The van der Waals surface area contributed by atoms with Gasteiger partial charge in [0.25, 0.3) is 5.56 Å². The van der Waals surface area contributed by atoms with Gasteiger partial charge in [0, 0.05) is 16.8 Å². The topological polar surface area (TPSA) is 55.0 Å². The van der Waals surface area contributed by atoms with E-state index in [1.54, 1.807) is 14.0 Å². The van der Waals surface area contributed by atoms with Gasteiger partial charge in [0.15, 0.2) is 0 Å². The normalized spacial score (nSPS) is 10.3. The van der Waals surface area contributed by atoms with Gasteiger partial charge in [-0.3, -0.25) is 4.79 Å². The van der Waals surface area contributed by atoms with E-state index in [2.05, 4.69) is 9.97 Å². The van der Waals surface area contributed by atoms with Gasteiger partial charge in [0.05, 0.1) is 7.11 Å². The van der Waals surface area contributed by atoms with Crippen LogP contribution in [-0.2, 0) is 0 Å². The molecule has 0 fully saturated rings. The lowest BCUT2D eigenvalue weighted by Gasteiger charge is -2.05. The lowest BCUT2D eigenvalue weighted by Crippen LogP contribution is -2.14. The van der Waals surface area contributed by atoms with Crippen molar-refractivity contribution in [1.29, 1.82) is 0 Å². The van der Waals surface area contributed by atoms with Crippen LogP contribution in [-0.4, -0.2) is 17.1 Å². The second-order valence-corrected chi connectivity index (χ2v) is 3.85. The lowest BCUT2D eigenvalue weighted by atomic mass is 10.2. The van der Waals surface area contributed by atoms with E-state index in [0.29, 0.717) is 11.4 Å². The highest BCUT2D eigenvalue weighted by molar-refractivity contribution is 5.56. The fraction of sp³-hybridized carbons (Fsp3) is 0.231. The molecule has 2 rings (SSSR count). The molecule has 1 heterocycles. The van der Waals surface area contributed by atoms with Crippen LogP contribution in [0.4, 0.5) is 0 Å². The molecule has 88 valence electrons. The van der Waals surface area contributed by atoms with Gasteiger partial charge in [-0.25, -0.2) is 4.98 Å². The van der Waals surface area contributed by atoms with Crippen LogP contribution in [0.2, 0.25) is 0 Å². The molecule has 1 aromatic carbocycles. The molecule has 0 saturated heterocycles. The van der Waals surface area contributed by atoms with Crippen LogP contribution >= 0.6 is 0 Å². The summed E-state index contributed by atoms with van der Waals surface area (Å²) in [6, 6.07) is 7.41. The highest BCUT2D eigenvalue weighted by atomic mass is 16.5. The molecule has 0 saturated carbocycles. The van der Waals surface area contributed by atoms with Gasteiger partial charge in [0.2, 0.25) is 0 Å². The fourth-order valence-electron chi connectivity index (χ4n) is 1.53. The van der Waals surface area contributed by atoms with E-state index in [-0.39, 0.29) is 5.56 Å². The standard InChI is InChI=1S/C13H14N2O2/c1-8-9(2)14-12(15-13(8)16)10-4-6-11(17-3)7-5-10/h4-7H,1-3H3,(H,14,15,16). The first-order valence-corrected chi connectivity index (χ1v) is 5.34. The van der Waals surface area contributed by atoms with E-state index in [9.17, 15) is 4.79 Å². The fourth-order valence-corrected chi connectivity index (χ4v) is 1.53. The van der Waals surface area contributed by atoms with E-state index in [1.807, 2.05) is 31.2 Å². The molecule has 0 unspecified atom stereocenters. The highest BCUT2D eigenvalue weighted by Crippen LogP contribution is 2.18. The molecule has 0 spiro atoms. The number of H-pyrrole nitrogens is 1. The van der Waals surface area contributed by atoms with Crippen LogP contribution in [0.5, 0.6) is 5.75 Å². The molecule has 4 heteroatoms. The monoisotopic (exact) mass is 230 g/mol. The average molecular weight is 230 g/mol. The van der Waals surface area contributed by atoms with E-state index in [0.717, 1.165) is 17.0 Å². The van der Waals surface area contributed by atoms with E-state index >= 15 is 0 Å². The smallest absolute Gasteiger partial charge is 0.254 e. The van der Waals surface area contributed by atoms with Crippen molar-refractivity contribution in [3.8, 4) is 17.1 Å². The third-order valence-corrected chi connectivity index (χ3v) is 2.76. The van der Waals surface area contributed by atoms with Crippen molar-refractivity contribution < 1.29 is 4.74 Å². The van der Waals surface area contributed by atoms with Gasteiger partial charge < -0.3 is 9.72 Å². The maximum atomic E-state index is 11.6. The van der Waals surface area contributed by atoms with E-state index in [4.69, 9.17) is 4.74 Å². The van der Waals surface area contributed by atoms with Gasteiger partial charge in [-0.1, -0.05) is 0 Å². The second-order valence-electron chi connectivity index (χ2n) is 3.85. The minimum Gasteiger partial charge on any atom is -0.497 e. The molecule has 0 bridgehead atoms. The Balaban J connectivity index is 2.49. The minimum atomic E-state index is -0.0941. The van der Waals surface area contributed by atoms with Crippen molar-refractivity contribution in [2.45, 2.75) is 13.8 Å². The molecule has 2 aromatic rings. The summed E-state index contributed by atoms with van der Waals surface area (Å²) in [6.45, 7) is 3.59. The number of rotatable bonds is 2. The summed E-state index contributed by atoms with van der Waals surface area (Å²) in [5.74, 6) is 1.36. The summed E-state index contributed by atoms with van der Waals surface area (Å²) in [4.78, 5) is 18.8. The Kier molecular flexibility index (Phi) is 2.95. The van der Waals surface area contributed by atoms with Crippen LogP contribution in [0.3, 0.4) is 0 Å². The van der Waals surface area contributed by atoms with Gasteiger partial charge >= 0.3 is 0 Å². The van der Waals surface area contributed by atoms with E-state index < -0.39 is 0 Å². The molecule has 0 amide bonds. The molecule has 0 aliphatic heterocycles. The largest absolute Gasteiger partial charge is 0.497 e. The molecule has 4 nitrogen and oxygen atoms in total. The zero-order valence-corrected chi connectivity index (χ0v) is 10.1. The molecule has 0 atom stereocenters. The second kappa shape index (κ2) is 4.41. The Morgan fingerprint density at radius 2 is 1.82 bits per heavy atom. The molecule has 0 radical (unpaired) electrons. The number of ether oxygens (including phenoxy) is 1. The van der Waals surface area contributed by atoms with Gasteiger partial charge in [-0.2, -0.15) is 0 Å². The first-order valence-electron chi connectivity index (χ1n) is 5.34. The summed E-state index contributed by atoms with van der Waals surface area (Å²) in [7, 11) is 1.62. The Morgan fingerprint density at radius 3 is 2.35 bits per heavy atom. The van der Waals surface area contributed by atoms with Gasteiger partial charge in [-0.15, -0.1) is 0 Å². The quantitative estimate of drug-likeness (QED) is 0.859. The Morgan fingerprint density at radius 1 is 1.18 bits per heavy atom. The van der Waals surface area contributed by atoms with Crippen LogP contribution in [0.25, 0.3) is 11.4 Å². The van der Waals surface area contributed by atoms with Gasteiger partial charge in [0.1, 0.15) is 11.6 Å². The summed E-state index contributed by atoms with van der Waals surface area (Å²) in [5, 5.41) is 0. The summed E-state index contributed by atoms with van der Waals surface area (Å²) in [6.07, 6.45) is 0. The number of nitrogens with one attached hydrogen (secondary N) is 1. The number of hydrogen-bond acceptors (Lipinski definition) is 3. The van der Waals surface area contributed by atoms with Crippen molar-refractivity contribution in [2.24, 2.45) is 0 Å². The number of benzene rings is 1. The maximum Gasteiger partial charge on any atom is 0.254 e. The molecule has 0 aliphatic carbocycles. The molecular weight excluding hydrogens is 216 g/mol. The first kappa shape index (κ1) is 11.4. The number of aromatic nitrogens is 2. The van der Waals surface area contributed by atoms with Gasteiger partial charge in [-0.05, 0) is 38.1 Å². The molecule has 1 aromatic heterocycles. The zero-order chi connectivity index (χ0) is 12.4. The van der Waals surface area contributed by atoms with E-state index in [1.165, 1.54) is 0 Å². The third kappa shape index (κ3) is 2.20. The van der Waals surface area contributed by atoms with Crippen molar-refractivity contribution in [1.82, 2.24) is 9.97 Å². The summed E-state index contributed by atoms with van der Waals surface area (Å²) >= 11 is 0. The molecule has 17 heavy (non-hydrogen) atoms. The molecule has 1 N–H and O–H groups in total. The Bertz CT molecular complexity index is 585. The number of aromatic amines is 1. The number of aryl methyl sites for hydroxylation is 1. The zero-order valence-electron chi connectivity index (χ0n) is 10.1. The number of hydrogen-bond donors (Lipinski definition) is 1. The predicted molar refractivity (Wildman–Crippen MR) is 66.3 cm³/mol. The number of nitrogens with zero attached hydrogens (tertiary/aromatic N) is 1. The first-order chi connectivity index (χ1) is 8.11. The SMILES string of the molecule is COc1ccc(-c2nc(C)c(C)c(=O)[nH]2)cc1. The van der Waals surface area contributed by atoms with Crippen molar-refractivity contribution in [3.63, 3.8) is 0 Å². The minimum absolute atomic E-state index is 0.0941. The number of methoxy groups -OCH3 is 1. The van der Waals surface area contributed by atoms with Crippen molar-refractivity contribution in [2.75, 3.05) is 7.11 Å². The average Bonchev–Trinajstić information content (AvgIpc) is 2.35. The van der Waals surface area contributed by atoms with Crippen LogP contribution in [0.15, 0.2) is 29.1 Å². The highest BCUT2D eigenvalue weighted by Gasteiger charge is 2.05. The Labute approximate surface area is 99.3 Å². The summed E-state index contributed by atoms with van der Waals surface area (Å²) < 4.78 is 5.08. The van der Waals surface area contributed by atoms with Crippen LogP contribution in [0, 0.1) is 13.8 Å². The maximum absolute atomic E-state index is 11.6. The lowest BCUT2D eigenvalue weighted by molar-refractivity contribution is 0.415. The van der Waals surface area contributed by atoms with Crippen LogP contribution in [0.1, 0.15) is 11.3 Å². The summed E-state index contributed by atoms with van der Waals surface area (Å²) in [5.41, 5.74) is 2.18. The Hall–Kier alpha value is -2.10. The van der Waals surface area contributed by atoms with Crippen LogP contribution < -0.4 is 10.3 Å². The molecular formula is C13H14N2O2. The predicted octanol–water partition coefficient (Wildman–Crippen LogP) is 2.06. The van der Waals surface area contributed by atoms with Crippen molar-refractivity contribution in [3.05, 3.63) is 45.9 Å².